The Hall–Kier alpha value is -2.74. The fourth-order valence-corrected chi connectivity index (χ4v) is 1.94. The lowest BCUT2D eigenvalue weighted by atomic mass is 10.2. The van der Waals surface area contributed by atoms with E-state index in [0.717, 1.165) is 6.07 Å². The van der Waals surface area contributed by atoms with E-state index in [4.69, 9.17) is 11.6 Å². The average Bonchev–Trinajstić information content (AvgIpc) is 2.48. The molecule has 23 heavy (non-hydrogen) atoms. The molecule has 0 spiro atoms. The highest BCUT2D eigenvalue weighted by Gasteiger charge is 2.18. The number of para-hydroxylation sites is 2. The quantitative estimate of drug-likeness (QED) is 0.655. The average molecular weight is 343 g/mol. The van der Waals surface area contributed by atoms with Crippen LogP contribution in [0.1, 0.15) is 10.4 Å². The van der Waals surface area contributed by atoms with Gasteiger partial charge in [0.2, 0.25) is 0 Å². The number of nitro benzene ring substituents is 1. The van der Waals surface area contributed by atoms with Gasteiger partial charge in [-0.25, -0.2) is 0 Å². The number of nitrogens with zero attached hydrogens (tertiary/aromatic N) is 1. The van der Waals surface area contributed by atoms with Crippen LogP contribution in [-0.4, -0.2) is 17.4 Å². The van der Waals surface area contributed by atoms with Crippen molar-refractivity contribution in [3.8, 4) is 5.75 Å². The topological polar surface area (TPSA) is 81.5 Å². The predicted molar refractivity (Wildman–Crippen MR) is 79.1 cm³/mol. The molecule has 0 saturated carbocycles. The van der Waals surface area contributed by atoms with Crippen LogP contribution in [0.5, 0.6) is 5.75 Å². The summed E-state index contributed by atoms with van der Waals surface area (Å²) < 4.78 is 28.9. The van der Waals surface area contributed by atoms with Crippen molar-refractivity contribution in [2.75, 3.05) is 5.32 Å². The Morgan fingerprint density at radius 3 is 2.61 bits per heavy atom. The van der Waals surface area contributed by atoms with E-state index in [0.29, 0.717) is 0 Å². The van der Waals surface area contributed by atoms with Crippen molar-refractivity contribution in [3.05, 3.63) is 63.2 Å². The number of halogens is 3. The number of hydrogen-bond donors (Lipinski definition) is 1. The minimum atomic E-state index is -3.05. The summed E-state index contributed by atoms with van der Waals surface area (Å²) in [6, 6.07) is 9.07. The third-order valence-corrected chi connectivity index (χ3v) is 3.08. The summed E-state index contributed by atoms with van der Waals surface area (Å²) >= 11 is 5.66. The van der Waals surface area contributed by atoms with E-state index in [2.05, 4.69) is 10.1 Å². The zero-order chi connectivity index (χ0) is 17.0. The van der Waals surface area contributed by atoms with Crippen LogP contribution in [0.3, 0.4) is 0 Å². The molecular weight excluding hydrogens is 334 g/mol. The van der Waals surface area contributed by atoms with E-state index >= 15 is 0 Å². The van der Waals surface area contributed by atoms with Gasteiger partial charge >= 0.3 is 6.61 Å². The van der Waals surface area contributed by atoms with E-state index in [-0.39, 0.29) is 22.0 Å². The largest absolute Gasteiger partial charge is 0.433 e. The van der Waals surface area contributed by atoms with E-state index in [1.54, 1.807) is 0 Å². The normalized spacial score (nSPS) is 10.4. The van der Waals surface area contributed by atoms with Crippen LogP contribution in [-0.2, 0) is 0 Å². The number of nitro groups is 1. The van der Waals surface area contributed by atoms with E-state index in [9.17, 15) is 23.7 Å². The number of hydrogen-bond acceptors (Lipinski definition) is 4. The van der Waals surface area contributed by atoms with Crippen molar-refractivity contribution < 1.29 is 23.2 Å². The molecule has 0 saturated heterocycles. The summed E-state index contributed by atoms with van der Waals surface area (Å²) in [7, 11) is 0. The molecule has 0 atom stereocenters. The molecule has 0 radical (unpaired) electrons. The summed E-state index contributed by atoms with van der Waals surface area (Å²) in [5.41, 5.74) is -0.472. The minimum absolute atomic E-state index is 0.00963. The molecule has 2 rings (SSSR count). The van der Waals surface area contributed by atoms with Crippen molar-refractivity contribution in [2.45, 2.75) is 6.61 Å². The standard InChI is InChI=1S/C14H9ClF2N2O4/c15-9-6-5-8(7-11(9)19(21)22)13(20)18-10-3-1-2-4-12(10)23-14(16)17/h1-7,14H,(H,18,20). The number of alkyl halides is 2. The van der Waals surface area contributed by atoms with Gasteiger partial charge in [-0.3, -0.25) is 14.9 Å². The van der Waals surface area contributed by atoms with Gasteiger partial charge in [-0.05, 0) is 24.3 Å². The molecular formula is C14H9ClF2N2O4. The highest BCUT2D eigenvalue weighted by Crippen LogP contribution is 2.28. The Bertz CT molecular complexity index is 755. The molecule has 0 heterocycles. The first-order valence-corrected chi connectivity index (χ1v) is 6.55. The van der Waals surface area contributed by atoms with Crippen LogP contribution in [0.4, 0.5) is 20.2 Å². The third kappa shape index (κ3) is 4.13. The smallest absolute Gasteiger partial charge is 0.387 e. The molecule has 2 aromatic carbocycles. The summed E-state index contributed by atoms with van der Waals surface area (Å²) in [5, 5.41) is 13.1. The van der Waals surface area contributed by atoms with Crippen LogP contribution >= 0.6 is 11.6 Å². The van der Waals surface area contributed by atoms with Crippen molar-refractivity contribution in [2.24, 2.45) is 0 Å². The summed E-state index contributed by atoms with van der Waals surface area (Å²) in [5.74, 6) is -0.950. The summed E-state index contributed by atoms with van der Waals surface area (Å²) in [4.78, 5) is 22.2. The SMILES string of the molecule is O=C(Nc1ccccc1OC(F)F)c1ccc(Cl)c([N+](=O)[O-])c1. The molecule has 2 aromatic rings. The molecule has 9 heteroatoms. The van der Waals surface area contributed by atoms with Gasteiger partial charge in [-0.1, -0.05) is 23.7 Å². The molecule has 0 aliphatic carbocycles. The molecule has 6 nitrogen and oxygen atoms in total. The van der Waals surface area contributed by atoms with Crippen LogP contribution in [0.15, 0.2) is 42.5 Å². The third-order valence-electron chi connectivity index (χ3n) is 2.76. The number of rotatable bonds is 5. The lowest BCUT2D eigenvalue weighted by Gasteiger charge is -2.11. The first-order valence-electron chi connectivity index (χ1n) is 6.17. The van der Waals surface area contributed by atoms with Gasteiger partial charge in [-0.15, -0.1) is 0 Å². The molecule has 0 aromatic heterocycles. The van der Waals surface area contributed by atoms with Gasteiger partial charge in [0, 0.05) is 11.6 Å². The van der Waals surface area contributed by atoms with Gasteiger partial charge in [0.15, 0.2) is 0 Å². The molecule has 0 bridgehead atoms. The maximum absolute atomic E-state index is 12.3. The number of ether oxygens (including phenoxy) is 1. The second-order valence-electron chi connectivity index (χ2n) is 4.25. The van der Waals surface area contributed by atoms with Crippen LogP contribution in [0.2, 0.25) is 5.02 Å². The molecule has 1 N–H and O–H groups in total. The van der Waals surface area contributed by atoms with Crippen molar-refractivity contribution in [3.63, 3.8) is 0 Å². The van der Waals surface area contributed by atoms with Crippen molar-refractivity contribution in [1.29, 1.82) is 0 Å². The number of carbonyl (C=O) groups excluding carboxylic acids is 1. The van der Waals surface area contributed by atoms with Crippen molar-refractivity contribution >= 4 is 28.9 Å². The summed E-state index contributed by atoms with van der Waals surface area (Å²) in [6.45, 7) is -3.05. The number of anilines is 1. The fraction of sp³-hybridized carbons (Fsp3) is 0.0714. The van der Waals surface area contributed by atoms with E-state index in [1.807, 2.05) is 0 Å². The number of nitrogens with one attached hydrogen (secondary N) is 1. The number of carbonyl (C=O) groups is 1. The van der Waals surface area contributed by atoms with E-state index < -0.39 is 23.1 Å². The first-order chi connectivity index (χ1) is 10.9. The Morgan fingerprint density at radius 1 is 1.26 bits per heavy atom. The highest BCUT2D eigenvalue weighted by molar-refractivity contribution is 6.32. The molecule has 1 amide bonds. The summed E-state index contributed by atoms with van der Waals surface area (Å²) in [6.07, 6.45) is 0. The molecule has 0 aliphatic heterocycles. The second-order valence-corrected chi connectivity index (χ2v) is 4.66. The van der Waals surface area contributed by atoms with Gasteiger partial charge in [0.05, 0.1) is 10.6 Å². The zero-order valence-electron chi connectivity index (χ0n) is 11.3. The fourth-order valence-electron chi connectivity index (χ4n) is 1.76. The Labute approximate surface area is 133 Å². The van der Waals surface area contributed by atoms with Crippen LogP contribution in [0.25, 0.3) is 0 Å². The maximum Gasteiger partial charge on any atom is 0.387 e. The minimum Gasteiger partial charge on any atom is -0.433 e. The Kier molecular flexibility index (Phi) is 5.07. The van der Waals surface area contributed by atoms with Gasteiger partial charge in [-0.2, -0.15) is 8.78 Å². The van der Waals surface area contributed by atoms with Crippen molar-refractivity contribution in [1.82, 2.24) is 0 Å². The second kappa shape index (κ2) is 7.01. The van der Waals surface area contributed by atoms with Gasteiger partial charge < -0.3 is 10.1 Å². The van der Waals surface area contributed by atoms with Crippen LogP contribution in [0, 0.1) is 10.1 Å². The van der Waals surface area contributed by atoms with Gasteiger partial charge in [0.1, 0.15) is 10.8 Å². The monoisotopic (exact) mass is 342 g/mol. The molecule has 0 unspecified atom stereocenters. The zero-order valence-corrected chi connectivity index (χ0v) is 12.1. The Morgan fingerprint density at radius 2 is 1.96 bits per heavy atom. The van der Waals surface area contributed by atoms with E-state index in [1.165, 1.54) is 36.4 Å². The molecule has 0 aliphatic rings. The lowest BCUT2D eigenvalue weighted by molar-refractivity contribution is -0.384. The van der Waals surface area contributed by atoms with Crippen LogP contribution < -0.4 is 10.1 Å². The molecule has 0 fully saturated rings. The number of amides is 1. The first kappa shape index (κ1) is 16.6. The number of benzene rings is 2. The Balaban J connectivity index is 2.26. The maximum atomic E-state index is 12.3. The lowest BCUT2D eigenvalue weighted by Crippen LogP contribution is -2.14. The molecule has 120 valence electrons. The highest BCUT2D eigenvalue weighted by atomic mass is 35.5. The predicted octanol–water partition coefficient (Wildman–Crippen LogP) is 4.10. The van der Waals surface area contributed by atoms with Gasteiger partial charge in [0.25, 0.3) is 11.6 Å².